The van der Waals surface area contributed by atoms with Crippen LogP contribution in [0.4, 0.5) is 0 Å². The molecule has 0 aliphatic heterocycles. The first-order chi connectivity index (χ1) is 8.36. The Morgan fingerprint density at radius 1 is 0.947 bits per heavy atom. The molecule has 0 radical (unpaired) electrons. The highest BCUT2D eigenvalue weighted by Crippen LogP contribution is 1.80. The molecule has 2 atom stereocenters. The van der Waals surface area contributed by atoms with Gasteiger partial charge in [0, 0.05) is 11.5 Å². The van der Waals surface area contributed by atoms with E-state index < -0.39 is 34.4 Å². The Labute approximate surface area is 120 Å². The summed E-state index contributed by atoms with van der Waals surface area (Å²) < 4.78 is 31.6. The van der Waals surface area contributed by atoms with Gasteiger partial charge in [-0.1, -0.05) is 0 Å². The molecule has 0 fully saturated rings. The second-order valence-electron chi connectivity index (χ2n) is 2.70. The molecule has 13 heteroatoms. The van der Waals surface area contributed by atoms with Crippen molar-refractivity contribution < 1.29 is 37.3 Å². The normalized spacial score (nSPS) is 12.9. The lowest BCUT2D eigenvalue weighted by Crippen LogP contribution is -2.31. The third kappa shape index (κ3) is 31.8. The molecule has 0 saturated carbocycles. The first-order valence-electron chi connectivity index (χ1n) is 4.25. The van der Waals surface area contributed by atoms with Crippen molar-refractivity contribution in [2.24, 2.45) is 11.5 Å². The second kappa shape index (κ2) is 12.5. The zero-order valence-electron chi connectivity index (χ0n) is 9.45. The molecule has 0 saturated heterocycles. The Hall–Kier alpha value is -0.570. The van der Waals surface area contributed by atoms with Gasteiger partial charge >= 0.3 is 22.3 Å². The first-order valence-corrected chi connectivity index (χ1v) is 6.91. The Kier molecular flexibility index (Phi) is 15.4. The molecule has 0 aromatic rings. The second-order valence-corrected chi connectivity index (χ2v) is 4.33. The zero-order chi connectivity index (χ0) is 16.2. The lowest BCUT2D eigenvalue weighted by Gasteiger charge is -1.96. The molecule has 0 aromatic carbocycles. The van der Waals surface area contributed by atoms with Gasteiger partial charge in [-0.05, 0) is 0 Å². The predicted octanol–water partition coefficient (Wildman–Crippen LogP) is -2.00. The SMILES string of the molecule is N[C@@H](CS)C(=O)O.N[C@@H](CS)C(=O)O.O=S(=O)(O)O. The van der Waals surface area contributed by atoms with Gasteiger partial charge in [0.15, 0.2) is 0 Å². The Morgan fingerprint density at radius 2 is 1.11 bits per heavy atom. The maximum absolute atomic E-state index is 9.76. The lowest BCUT2D eigenvalue weighted by molar-refractivity contribution is -0.138. The molecule has 0 rings (SSSR count). The summed E-state index contributed by atoms with van der Waals surface area (Å²) in [6.45, 7) is 0. The summed E-state index contributed by atoms with van der Waals surface area (Å²) in [6, 6.07) is -1.63. The van der Waals surface area contributed by atoms with Gasteiger partial charge in [0.25, 0.3) is 0 Å². The molecular formula is C6H16N2O8S3. The van der Waals surface area contributed by atoms with E-state index in [0.717, 1.165) is 0 Å². The van der Waals surface area contributed by atoms with E-state index in [1.54, 1.807) is 0 Å². The van der Waals surface area contributed by atoms with E-state index in [0.29, 0.717) is 0 Å². The van der Waals surface area contributed by atoms with Crippen LogP contribution in [0.5, 0.6) is 0 Å². The molecule has 0 unspecified atom stereocenters. The Bertz CT molecular complexity index is 331. The van der Waals surface area contributed by atoms with Crippen molar-refractivity contribution in [1.29, 1.82) is 0 Å². The molecule has 0 bridgehead atoms. The summed E-state index contributed by atoms with van der Waals surface area (Å²) in [5, 5.41) is 16.0. The summed E-state index contributed by atoms with van der Waals surface area (Å²) in [6.07, 6.45) is 0. The minimum absolute atomic E-state index is 0.190. The summed E-state index contributed by atoms with van der Waals surface area (Å²) in [4.78, 5) is 19.5. The highest BCUT2D eigenvalue weighted by atomic mass is 32.3. The molecule has 10 nitrogen and oxygen atoms in total. The number of aliphatic carboxylic acids is 2. The van der Waals surface area contributed by atoms with E-state index in [-0.39, 0.29) is 11.5 Å². The smallest absolute Gasteiger partial charge is 0.394 e. The fraction of sp³-hybridized carbons (Fsp3) is 0.667. The predicted molar refractivity (Wildman–Crippen MR) is 73.1 cm³/mol. The van der Waals surface area contributed by atoms with Crippen molar-refractivity contribution >= 4 is 47.6 Å². The minimum atomic E-state index is -4.67. The molecule has 0 aromatic heterocycles. The quantitative estimate of drug-likeness (QED) is 0.209. The molecule has 8 N–H and O–H groups in total. The largest absolute Gasteiger partial charge is 0.480 e. The van der Waals surface area contributed by atoms with Crippen molar-refractivity contribution in [1.82, 2.24) is 0 Å². The average Bonchev–Trinajstić information content (AvgIpc) is 2.25. The molecule has 0 aliphatic rings. The van der Waals surface area contributed by atoms with Crippen LogP contribution in [0.25, 0.3) is 0 Å². The van der Waals surface area contributed by atoms with E-state index in [1.807, 2.05) is 0 Å². The fourth-order valence-corrected chi connectivity index (χ4v) is 0.469. The van der Waals surface area contributed by atoms with E-state index in [4.69, 9.17) is 39.2 Å². The van der Waals surface area contributed by atoms with Crippen LogP contribution in [0.2, 0.25) is 0 Å². The molecule has 19 heavy (non-hydrogen) atoms. The topological polar surface area (TPSA) is 201 Å². The standard InChI is InChI=1S/2C3H7NO2S.H2O4S/c2*4-2(1-7)3(5)6;1-5(2,3)4/h2*2,7H,1,4H2,(H,5,6);(H2,1,2,3,4)/t2*2-;/m00./s1. The molecular weight excluding hydrogens is 324 g/mol. The lowest BCUT2D eigenvalue weighted by atomic mass is 10.4. The van der Waals surface area contributed by atoms with Crippen LogP contribution in [-0.4, -0.2) is 63.3 Å². The van der Waals surface area contributed by atoms with Gasteiger partial charge in [-0.25, -0.2) is 0 Å². The van der Waals surface area contributed by atoms with E-state index >= 15 is 0 Å². The Morgan fingerprint density at radius 3 is 1.11 bits per heavy atom. The molecule has 116 valence electrons. The van der Waals surface area contributed by atoms with Crippen molar-refractivity contribution in [3.8, 4) is 0 Å². The van der Waals surface area contributed by atoms with Crippen molar-refractivity contribution in [2.45, 2.75) is 12.1 Å². The molecule has 0 heterocycles. The van der Waals surface area contributed by atoms with Crippen LogP contribution in [0, 0.1) is 0 Å². The molecule has 0 aliphatic carbocycles. The monoisotopic (exact) mass is 340 g/mol. The first kappa shape index (κ1) is 23.5. The van der Waals surface area contributed by atoms with Gasteiger partial charge in [0.1, 0.15) is 12.1 Å². The maximum atomic E-state index is 9.76. The van der Waals surface area contributed by atoms with Gasteiger partial charge in [-0.15, -0.1) is 0 Å². The van der Waals surface area contributed by atoms with Crippen LogP contribution in [0.15, 0.2) is 0 Å². The van der Waals surface area contributed by atoms with Crippen LogP contribution in [0.1, 0.15) is 0 Å². The summed E-state index contributed by atoms with van der Waals surface area (Å²) in [7, 11) is -4.67. The number of carbonyl (C=O) groups is 2. The number of rotatable bonds is 4. The minimum Gasteiger partial charge on any atom is -0.480 e. The number of hydrogen-bond acceptors (Lipinski definition) is 8. The summed E-state index contributed by atoms with van der Waals surface area (Å²) >= 11 is 7.30. The van der Waals surface area contributed by atoms with Crippen molar-refractivity contribution in [2.75, 3.05) is 11.5 Å². The van der Waals surface area contributed by atoms with Gasteiger partial charge in [0.05, 0.1) is 0 Å². The van der Waals surface area contributed by atoms with Gasteiger partial charge < -0.3 is 21.7 Å². The molecule has 0 amide bonds. The van der Waals surface area contributed by atoms with E-state index in [1.165, 1.54) is 0 Å². The van der Waals surface area contributed by atoms with Crippen molar-refractivity contribution in [3.63, 3.8) is 0 Å². The number of thiol groups is 2. The zero-order valence-corrected chi connectivity index (χ0v) is 12.1. The van der Waals surface area contributed by atoms with Crippen LogP contribution < -0.4 is 11.5 Å². The highest BCUT2D eigenvalue weighted by molar-refractivity contribution is 7.80. The fourth-order valence-electron chi connectivity index (χ4n) is 0.156. The summed E-state index contributed by atoms with van der Waals surface area (Å²) in [5.74, 6) is -1.63. The molecule has 0 spiro atoms. The van der Waals surface area contributed by atoms with E-state index in [9.17, 15) is 9.59 Å². The number of carboxylic acids is 2. The maximum Gasteiger partial charge on any atom is 0.394 e. The van der Waals surface area contributed by atoms with Crippen molar-refractivity contribution in [3.05, 3.63) is 0 Å². The summed E-state index contributed by atoms with van der Waals surface area (Å²) in [5.41, 5.74) is 9.88. The number of carboxylic acid groups (broad SMARTS) is 2. The van der Waals surface area contributed by atoms with E-state index in [2.05, 4.69) is 25.3 Å². The average molecular weight is 340 g/mol. The third-order valence-electron chi connectivity index (χ3n) is 1.03. The number of nitrogens with two attached hydrogens (primary N) is 2. The number of hydrogen-bond donors (Lipinski definition) is 8. The van der Waals surface area contributed by atoms with Gasteiger partial charge in [-0.3, -0.25) is 18.7 Å². The Balaban J connectivity index is -0.000000206. The van der Waals surface area contributed by atoms with Crippen LogP contribution in [0.3, 0.4) is 0 Å². The van der Waals surface area contributed by atoms with Gasteiger partial charge in [-0.2, -0.15) is 33.7 Å². The highest BCUT2D eigenvalue weighted by Gasteiger charge is 2.06. The van der Waals surface area contributed by atoms with Crippen LogP contribution >= 0.6 is 25.3 Å². The van der Waals surface area contributed by atoms with Crippen LogP contribution in [-0.2, 0) is 20.0 Å². The van der Waals surface area contributed by atoms with Gasteiger partial charge in [0.2, 0.25) is 0 Å². The third-order valence-corrected chi connectivity index (χ3v) is 1.81.